The average Bonchev–Trinajstić information content (AvgIpc) is 2.71. The largest absolute Gasteiger partial charge is 0.494 e. The van der Waals surface area contributed by atoms with Gasteiger partial charge in [0.25, 0.3) is 0 Å². The van der Waals surface area contributed by atoms with E-state index >= 15 is 0 Å². The molecule has 1 aliphatic carbocycles. The van der Waals surface area contributed by atoms with Crippen molar-refractivity contribution in [1.82, 2.24) is 0 Å². The summed E-state index contributed by atoms with van der Waals surface area (Å²) in [6.45, 7) is 2.08. The molecule has 27 heavy (non-hydrogen) atoms. The zero-order chi connectivity index (χ0) is 19.2. The molecule has 3 heteroatoms. The van der Waals surface area contributed by atoms with E-state index in [0.717, 1.165) is 24.3 Å². The van der Waals surface area contributed by atoms with Crippen molar-refractivity contribution in [3.8, 4) is 16.9 Å². The number of ether oxygens (including phenoxy) is 1. The highest BCUT2D eigenvalue weighted by molar-refractivity contribution is 6.33. The molecule has 1 nitrogen and oxygen atoms in total. The lowest BCUT2D eigenvalue weighted by atomic mass is 9.84. The van der Waals surface area contributed by atoms with Gasteiger partial charge in [0.2, 0.25) is 0 Å². The van der Waals surface area contributed by atoms with Crippen molar-refractivity contribution in [2.24, 2.45) is 5.92 Å². The first-order valence-electron chi connectivity index (χ1n) is 9.57. The normalized spacial score (nSPS) is 17.2. The molecule has 0 radical (unpaired) electrons. The average molecular weight is 385 g/mol. The topological polar surface area (TPSA) is 9.23 Å². The number of hydrogen-bond donors (Lipinski definition) is 0. The quantitative estimate of drug-likeness (QED) is 0.463. The molecule has 0 amide bonds. The van der Waals surface area contributed by atoms with Gasteiger partial charge in [-0.25, -0.2) is 4.39 Å². The van der Waals surface area contributed by atoms with E-state index in [9.17, 15) is 4.39 Å². The van der Waals surface area contributed by atoms with Crippen molar-refractivity contribution in [1.29, 1.82) is 0 Å². The number of methoxy groups -OCH3 is 1. The Morgan fingerprint density at radius 1 is 1.15 bits per heavy atom. The lowest BCUT2D eigenvalue weighted by Crippen LogP contribution is -2.05. The number of halogens is 2. The predicted octanol–water partition coefficient (Wildman–Crippen LogP) is 7.69. The Hall–Kier alpha value is -2.06. The zero-order valence-electron chi connectivity index (χ0n) is 16.0. The fourth-order valence-electron chi connectivity index (χ4n) is 3.69. The van der Waals surface area contributed by atoms with E-state index in [-0.39, 0.29) is 10.8 Å². The summed E-state index contributed by atoms with van der Waals surface area (Å²) in [6.07, 6.45) is 12.8. The first kappa shape index (κ1) is 19.7. The fourth-order valence-corrected chi connectivity index (χ4v) is 3.95. The standard InChI is InChI=1S/C24H26ClFO/c1-3-4-5-6-17-7-9-18(10-8-17)19-11-13-20(14-12-19)21-15-16-22(27-2)24(26)23(21)25/h3-4,9,11-17H,5-8,10H2,1-2H3. The molecule has 3 rings (SSSR count). The molecule has 0 aliphatic heterocycles. The van der Waals surface area contributed by atoms with E-state index < -0.39 is 5.82 Å². The van der Waals surface area contributed by atoms with E-state index in [4.69, 9.17) is 16.3 Å². The van der Waals surface area contributed by atoms with Gasteiger partial charge in [0, 0.05) is 5.56 Å². The summed E-state index contributed by atoms with van der Waals surface area (Å²) in [5.74, 6) is 0.446. The molecule has 1 unspecified atom stereocenters. The summed E-state index contributed by atoms with van der Waals surface area (Å²) in [5.41, 5.74) is 4.25. The molecular weight excluding hydrogens is 359 g/mol. The van der Waals surface area contributed by atoms with Crippen LogP contribution in [0.15, 0.2) is 54.6 Å². The Balaban J connectivity index is 1.72. The van der Waals surface area contributed by atoms with Gasteiger partial charge in [-0.3, -0.25) is 0 Å². The van der Waals surface area contributed by atoms with Crippen LogP contribution in [0.25, 0.3) is 16.7 Å². The minimum absolute atomic E-state index is 0.1000. The zero-order valence-corrected chi connectivity index (χ0v) is 16.7. The molecule has 0 saturated heterocycles. The molecule has 0 heterocycles. The highest BCUT2D eigenvalue weighted by atomic mass is 35.5. The molecule has 2 aromatic rings. The van der Waals surface area contributed by atoms with Gasteiger partial charge < -0.3 is 4.74 Å². The van der Waals surface area contributed by atoms with Gasteiger partial charge in [-0.05, 0) is 73.8 Å². The predicted molar refractivity (Wildman–Crippen MR) is 113 cm³/mol. The van der Waals surface area contributed by atoms with Crippen LogP contribution in [0.5, 0.6) is 5.75 Å². The summed E-state index contributed by atoms with van der Waals surface area (Å²) in [4.78, 5) is 0. The first-order chi connectivity index (χ1) is 13.1. The van der Waals surface area contributed by atoms with Crippen molar-refractivity contribution in [3.05, 3.63) is 71.0 Å². The van der Waals surface area contributed by atoms with E-state index in [1.165, 1.54) is 37.5 Å². The second-order valence-corrected chi connectivity index (χ2v) is 7.41. The summed E-state index contributed by atoms with van der Waals surface area (Å²) in [7, 11) is 1.44. The van der Waals surface area contributed by atoms with Gasteiger partial charge >= 0.3 is 0 Å². The van der Waals surface area contributed by atoms with Crippen molar-refractivity contribution >= 4 is 17.2 Å². The Morgan fingerprint density at radius 3 is 2.52 bits per heavy atom. The van der Waals surface area contributed by atoms with Gasteiger partial charge in [-0.2, -0.15) is 0 Å². The summed E-state index contributed by atoms with van der Waals surface area (Å²) < 4.78 is 19.2. The summed E-state index contributed by atoms with van der Waals surface area (Å²) in [6, 6.07) is 11.7. The first-order valence-corrected chi connectivity index (χ1v) is 9.94. The SMILES string of the molecule is CC=CCCC1CC=C(c2ccc(-c3ccc(OC)c(F)c3Cl)cc2)CC1. The van der Waals surface area contributed by atoms with Crippen molar-refractivity contribution in [3.63, 3.8) is 0 Å². The Morgan fingerprint density at radius 2 is 1.89 bits per heavy atom. The van der Waals surface area contributed by atoms with Crippen molar-refractivity contribution in [2.75, 3.05) is 7.11 Å². The van der Waals surface area contributed by atoms with Crippen LogP contribution in [0.4, 0.5) is 4.39 Å². The second-order valence-electron chi connectivity index (χ2n) is 7.04. The molecule has 2 aromatic carbocycles. The van der Waals surface area contributed by atoms with E-state index in [0.29, 0.717) is 5.56 Å². The van der Waals surface area contributed by atoms with Crippen LogP contribution in [-0.2, 0) is 0 Å². The van der Waals surface area contributed by atoms with E-state index in [2.05, 4.69) is 37.3 Å². The highest BCUT2D eigenvalue weighted by Gasteiger charge is 2.16. The maximum absolute atomic E-state index is 14.2. The minimum atomic E-state index is -0.514. The third kappa shape index (κ3) is 4.62. The van der Waals surface area contributed by atoms with Crippen LogP contribution >= 0.6 is 11.6 Å². The van der Waals surface area contributed by atoms with Crippen LogP contribution in [0, 0.1) is 11.7 Å². The van der Waals surface area contributed by atoms with Gasteiger partial charge in [-0.15, -0.1) is 0 Å². The smallest absolute Gasteiger partial charge is 0.184 e. The third-order valence-corrected chi connectivity index (χ3v) is 5.70. The number of hydrogen-bond acceptors (Lipinski definition) is 1. The number of benzene rings is 2. The molecule has 0 N–H and O–H groups in total. The summed E-state index contributed by atoms with van der Waals surface area (Å²) >= 11 is 6.20. The van der Waals surface area contributed by atoms with Gasteiger partial charge in [0.05, 0.1) is 12.1 Å². The maximum atomic E-state index is 14.2. The lowest BCUT2D eigenvalue weighted by Gasteiger charge is -2.22. The molecule has 0 spiro atoms. The van der Waals surface area contributed by atoms with Gasteiger partial charge in [0.1, 0.15) is 0 Å². The molecule has 0 aromatic heterocycles. The molecule has 0 bridgehead atoms. The van der Waals surface area contributed by atoms with Crippen LogP contribution < -0.4 is 4.74 Å². The molecule has 1 atom stereocenters. The van der Waals surface area contributed by atoms with Crippen molar-refractivity contribution in [2.45, 2.75) is 39.0 Å². The van der Waals surface area contributed by atoms with E-state index in [1.54, 1.807) is 12.1 Å². The van der Waals surface area contributed by atoms with Gasteiger partial charge in [-0.1, -0.05) is 54.1 Å². The number of allylic oxidation sites excluding steroid dienone is 4. The maximum Gasteiger partial charge on any atom is 0.184 e. The molecular formula is C24H26ClFO. The van der Waals surface area contributed by atoms with Crippen LogP contribution in [0.2, 0.25) is 5.02 Å². The Kier molecular flexibility index (Phi) is 6.73. The second kappa shape index (κ2) is 9.23. The fraction of sp³-hybridized carbons (Fsp3) is 0.333. The van der Waals surface area contributed by atoms with E-state index in [1.807, 2.05) is 12.1 Å². The third-order valence-electron chi connectivity index (χ3n) is 5.33. The van der Waals surface area contributed by atoms with Crippen LogP contribution in [0.3, 0.4) is 0 Å². The number of rotatable bonds is 6. The van der Waals surface area contributed by atoms with Gasteiger partial charge in [0.15, 0.2) is 11.6 Å². The minimum Gasteiger partial charge on any atom is -0.494 e. The van der Waals surface area contributed by atoms with Crippen LogP contribution in [-0.4, -0.2) is 7.11 Å². The molecule has 142 valence electrons. The summed E-state index contributed by atoms with van der Waals surface area (Å²) in [5, 5.41) is 0.1000. The molecule has 0 fully saturated rings. The Labute approximate surface area is 166 Å². The van der Waals surface area contributed by atoms with Crippen molar-refractivity contribution < 1.29 is 9.13 Å². The lowest BCUT2D eigenvalue weighted by molar-refractivity contribution is 0.387. The van der Waals surface area contributed by atoms with Crippen LogP contribution in [0.1, 0.15) is 44.6 Å². The Bertz CT molecular complexity index is 836. The molecule has 0 saturated carbocycles. The monoisotopic (exact) mass is 384 g/mol. The molecule has 1 aliphatic rings. The highest BCUT2D eigenvalue weighted by Crippen LogP contribution is 2.36.